The molecule has 1 saturated carbocycles. The van der Waals surface area contributed by atoms with Gasteiger partial charge in [0, 0.05) is 12.1 Å². The molecule has 0 aromatic carbocycles. The average molecular weight is 236 g/mol. The Morgan fingerprint density at radius 1 is 1.59 bits per heavy atom. The third-order valence-corrected chi connectivity index (χ3v) is 3.62. The molecular formula is C13H20N2O2. The molecule has 0 bridgehead atoms. The molecule has 4 heteroatoms. The summed E-state index contributed by atoms with van der Waals surface area (Å²) in [5.74, 6) is 1.82. The van der Waals surface area contributed by atoms with Crippen LogP contribution in [-0.2, 0) is 4.79 Å². The van der Waals surface area contributed by atoms with E-state index in [1.165, 1.54) is 0 Å². The van der Waals surface area contributed by atoms with Gasteiger partial charge in [-0.25, -0.2) is 0 Å². The summed E-state index contributed by atoms with van der Waals surface area (Å²) < 4.78 is 5.47. The van der Waals surface area contributed by atoms with Gasteiger partial charge in [0.25, 0.3) is 0 Å². The third-order valence-electron chi connectivity index (χ3n) is 3.62. The molecule has 1 unspecified atom stereocenters. The number of rotatable bonds is 4. The predicted molar refractivity (Wildman–Crippen MR) is 65.5 cm³/mol. The molecule has 1 atom stereocenters. The molecule has 3 N–H and O–H groups in total. The van der Waals surface area contributed by atoms with Crippen LogP contribution < -0.4 is 11.1 Å². The maximum atomic E-state index is 12.0. The summed E-state index contributed by atoms with van der Waals surface area (Å²) in [7, 11) is 0. The first-order valence-electron chi connectivity index (χ1n) is 6.06. The van der Waals surface area contributed by atoms with Gasteiger partial charge in [0.05, 0.1) is 11.5 Å². The van der Waals surface area contributed by atoms with Crippen LogP contribution in [0, 0.1) is 19.3 Å². The average Bonchev–Trinajstić information content (AvgIpc) is 2.99. The van der Waals surface area contributed by atoms with Gasteiger partial charge in [0.15, 0.2) is 0 Å². The van der Waals surface area contributed by atoms with E-state index in [0.29, 0.717) is 6.54 Å². The Hall–Kier alpha value is -1.29. The van der Waals surface area contributed by atoms with Crippen molar-refractivity contribution in [2.45, 2.75) is 39.7 Å². The lowest BCUT2D eigenvalue weighted by Crippen LogP contribution is -2.37. The van der Waals surface area contributed by atoms with Crippen molar-refractivity contribution in [1.29, 1.82) is 0 Å². The van der Waals surface area contributed by atoms with Crippen LogP contribution >= 0.6 is 0 Å². The van der Waals surface area contributed by atoms with Gasteiger partial charge in [-0.2, -0.15) is 0 Å². The Balaban J connectivity index is 2.04. The van der Waals surface area contributed by atoms with Crippen molar-refractivity contribution in [3.63, 3.8) is 0 Å². The Labute approximate surface area is 102 Å². The molecule has 4 nitrogen and oxygen atoms in total. The number of hydrogen-bond acceptors (Lipinski definition) is 3. The Morgan fingerprint density at radius 2 is 2.24 bits per heavy atom. The zero-order chi connectivity index (χ0) is 12.6. The highest BCUT2D eigenvalue weighted by Crippen LogP contribution is 2.45. The van der Waals surface area contributed by atoms with Crippen molar-refractivity contribution in [3.8, 4) is 0 Å². The zero-order valence-corrected chi connectivity index (χ0v) is 10.7. The SMILES string of the molecule is Cc1cc(C(C)NC(=O)C2(CN)CC2)c(C)o1. The highest BCUT2D eigenvalue weighted by molar-refractivity contribution is 5.85. The number of nitrogens with two attached hydrogens (primary N) is 1. The van der Waals surface area contributed by atoms with Gasteiger partial charge in [-0.1, -0.05) is 0 Å². The highest BCUT2D eigenvalue weighted by Gasteiger charge is 2.48. The molecule has 0 spiro atoms. The minimum Gasteiger partial charge on any atom is -0.466 e. The van der Waals surface area contributed by atoms with Crippen molar-refractivity contribution < 1.29 is 9.21 Å². The third kappa shape index (κ3) is 2.22. The lowest BCUT2D eigenvalue weighted by molar-refractivity contribution is -0.126. The van der Waals surface area contributed by atoms with Crippen LogP contribution in [-0.4, -0.2) is 12.5 Å². The summed E-state index contributed by atoms with van der Waals surface area (Å²) in [4.78, 5) is 12.0. The van der Waals surface area contributed by atoms with E-state index in [4.69, 9.17) is 10.2 Å². The maximum Gasteiger partial charge on any atom is 0.227 e. The summed E-state index contributed by atoms with van der Waals surface area (Å²) in [6.45, 7) is 6.24. The van der Waals surface area contributed by atoms with Gasteiger partial charge in [-0.3, -0.25) is 4.79 Å². The number of hydrogen-bond donors (Lipinski definition) is 2. The maximum absolute atomic E-state index is 12.0. The first-order valence-corrected chi connectivity index (χ1v) is 6.06. The summed E-state index contributed by atoms with van der Waals surface area (Å²) in [6.07, 6.45) is 1.82. The van der Waals surface area contributed by atoms with Crippen LogP contribution in [0.25, 0.3) is 0 Å². The van der Waals surface area contributed by atoms with E-state index < -0.39 is 0 Å². The first-order chi connectivity index (χ1) is 7.98. The second kappa shape index (κ2) is 4.18. The van der Waals surface area contributed by atoms with Gasteiger partial charge in [0.2, 0.25) is 5.91 Å². The summed E-state index contributed by atoms with van der Waals surface area (Å²) in [5.41, 5.74) is 6.39. The van der Waals surface area contributed by atoms with E-state index in [1.54, 1.807) is 0 Å². The van der Waals surface area contributed by atoms with Crippen LogP contribution in [0.2, 0.25) is 0 Å². The predicted octanol–water partition coefficient (Wildman–Crippen LogP) is 1.81. The molecule has 1 aromatic rings. The largest absolute Gasteiger partial charge is 0.466 e. The van der Waals surface area contributed by atoms with Gasteiger partial charge in [-0.05, 0) is 39.7 Å². The molecule has 1 aromatic heterocycles. The van der Waals surface area contributed by atoms with Gasteiger partial charge in [0.1, 0.15) is 11.5 Å². The van der Waals surface area contributed by atoms with E-state index in [1.807, 2.05) is 26.8 Å². The number of amides is 1. The second-order valence-electron chi connectivity index (χ2n) is 5.05. The molecule has 0 radical (unpaired) electrons. The topological polar surface area (TPSA) is 68.3 Å². The molecule has 1 aliphatic rings. The fraction of sp³-hybridized carbons (Fsp3) is 0.615. The second-order valence-corrected chi connectivity index (χ2v) is 5.05. The van der Waals surface area contributed by atoms with Crippen LogP contribution in [0.3, 0.4) is 0 Å². The van der Waals surface area contributed by atoms with Crippen LogP contribution in [0.15, 0.2) is 10.5 Å². The molecule has 1 amide bonds. The molecule has 1 fully saturated rings. The Bertz CT molecular complexity index is 433. The van der Waals surface area contributed by atoms with E-state index >= 15 is 0 Å². The molecule has 1 heterocycles. The van der Waals surface area contributed by atoms with E-state index in [2.05, 4.69) is 5.32 Å². The molecule has 17 heavy (non-hydrogen) atoms. The van der Waals surface area contributed by atoms with Crippen molar-refractivity contribution in [1.82, 2.24) is 5.32 Å². The molecule has 0 saturated heterocycles. The smallest absolute Gasteiger partial charge is 0.227 e. The lowest BCUT2D eigenvalue weighted by atomic mass is 10.0. The Kier molecular flexibility index (Phi) is 3.00. The Morgan fingerprint density at radius 3 is 2.65 bits per heavy atom. The van der Waals surface area contributed by atoms with E-state index in [0.717, 1.165) is 29.9 Å². The fourth-order valence-corrected chi connectivity index (χ4v) is 2.18. The standard InChI is InChI=1S/C13H20N2O2/c1-8-6-11(10(3)17-8)9(2)15-12(16)13(7-14)4-5-13/h6,9H,4-5,7,14H2,1-3H3,(H,15,16). The van der Waals surface area contributed by atoms with Gasteiger partial charge >= 0.3 is 0 Å². The molecule has 1 aliphatic carbocycles. The number of carbonyl (C=O) groups excluding carboxylic acids is 1. The molecule has 2 rings (SSSR count). The van der Waals surface area contributed by atoms with E-state index in [9.17, 15) is 4.79 Å². The number of carbonyl (C=O) groups is 1. The minimum absolute atomic E-state index is 0.0241. The van der Waals surface area contributed by atoms with Crippen molar-refractivity contribution >= 4 is 5.91 Å². The van der Waals surface area contributed by atoms with Crippen molar-refractivity contribution in [2.75, 3.05) is 6.54 Å². The number of furan rings is 1. The summed E-state index contributed by atoms with van der Waals surface area (Å²) in [6, 6.07) is 1.95. The van der Waals surface area contributed by atoms with Gasteiger partial charge in [-0.15, -0.1) is 0 Å². The quantitative estimate of drug-likeness (QED) is 0.837. The summed E-state index contributed by atoms with van der Waals surface area (Å²) >= 11 is 0. The van der Waals surface area contributed by atoms with Crippen LogP contribution in [0.1, 0.15) is 42.9 Å². The molecule has 0 aliphatic heterocycles. The number of aryl methyl sites for hydroxylation is 2. The lowest BCUT2D eigenvalue weighted by Gasteiger charge is -2.18. The van der Waals surface area contributed by atoms with Crippen LogP contribution in [0.4, 0.5) is 0 Å². The van der Waals surface area contributed by atoms with Crippen molar-refractivity contribution in [3.05, 3.63) is 23.2 Å². The summed E-state index contributed by atoms with van der Waals surface area (Å²) in [5, 5.41) is 3.03. The van der Waals surface area contributed by atoms with Gasteiger partial charge < -0.3 is 15.5 Å². The normalized spacial score (nSPS) is 18.8. The van der Waals surface area contributed by atoms with E-state index in [-0.39, 0.29) is 17.4 Å². The van der Waals surface area contributed by atoms with Crippen LogP contribution in [0.5, 0.6) is 0 Å². The number of nitrogens with one attached hydrogen (secondary N) is 1. The zero-order valence-electron chi connectivity index (χ0n) is 10.7. The molecular weight excluding hydrogens is 216 g/mol. The first kappa shape index (κ1) is 12.2. The minimum atomic E-state index is -0.291. The fourth-order valence-electron chi connectivity index (χ4n) is 2.18. The molecule has 94 valence electrons. The van der Waals surface area contributed by atoms with Crippen molar-refractivity contribution in [2.24, 2.45) is 11.1 Å². The highest BCUT2D eigenvalue weighted by atomic mass is 16.3. The monoisotopic (exact) mass is 236 g/mol.